The number of carbonyl (C=O) groups is 1. The molecule has 20 heavy (non-hydrogen) atoms. The van der Waals surface area contributed by atoms with Crippen molar-refractivity contribution in [2.75, 3.05) is 19.5 Å². The molecule has 1 N–H and O–H groups in total. The molecule has 0 radical (unpaired) electrons. The highest BCUT2D eigenvalue weighted by Crippen LogP contribution is 2.28. The maximum atomic E-state index is 11.5. The number of methoxy groups -OCH3 is 2. The molecule has 0 atom stereocenters. The maximum absolute atomic E-state index is 11.5. The van der Waals surface area contributed by atoms with E-state index in [-0.39, 0.29) is 5.97 Å². The SMILES string of the molecule is COC(=O)c1sc(Nc2ccc(OC)c(C)c2)nc1C. The van der Waals surface area contributed by atoms with Crippen molar-refractivity contribution in [3.63, 3.8) is 0 Å². The Hall–Kier alpha value is -2.08. The molecule has 0 bridgehead atoms. The highest BCUT2D eigenvalue weighted by molar-refractivity contribution is 7.17. The summed E-state index contributed by atoms with van der Waals surface area (Å²) in [6.07, 6.45) is 0. The van der Waals surface area contributed by atoms with Gasteiger partial charge in [0.2, 0.25) is 0 Å². The van der Waals surface area contributed by atoms with E-state index in [1.54, 1.807) is 14.0 Å². The van der Waals surface area contributed by atoms with Crippen LogP contribution in [0.15, 0.2) is 18.2 Å². The predicted octanol–water partition coefficient (Wildman–Crippen LogP) is 3.30. The third-order valence-corrected chi connectivity index (χ3v) is 3.87. The Morgan fingerprint density at radius 1 is 1.30 bits per heavy atom. The van der Waals surface area contributed by atoms with Crippen LogP contribution in [0.3, 0.4) is 0 Å². The minimum Gasteiger partial charge on any atom is -0.496 e. The van der Waals surface area contributed by atoms with Crippen LogP contribution in [0.1, 0.15) is 20.9 Å². The zero-order valence-corrected chi connectivity index (χ0v) is 12.6. The van der Waals surface area contributed by atoms with Gasteiger partial charge in [0.15, 0.2) is 5.13 Å². The average molecular weight is 292 g/mol. The fourth-order valence-corrected chi connectivity index (χ4v) is 2.72. The summed E-state index contributed by atoms with van der Waals surface area (Å²) in [7, 11) is 3.00. The summed E-state index contributed by atoms with van der Waals surface area (Å²) in [5, 5.41) is 3.84. The number of carbonyl (C=O) groups excluding carboxylic acids is 1. The number of hydrogen-bond acceptors (Lipinski definition) is 6. The smallest absolute Gasteiger partial charge is 0.350 e. The Morgan fingerprint density at radius 3 is 2.65 bits per heavy atom. The number of benzene rings is 1. The summed E-state index contributed by atoms with van der Waals surface area (Å²) in [5.74, 6) is 0.472. The van der Waals surface area contributed by atoms with Gasteiger partial charge in [-0.1, -0.05) is 11.3 Å². The lowest BCUT2D eigenvalue weighted by Crippen LogP contribution is -1.99. The molecule has 2 rings (SSSR count). The van der Waals surface area contributed by atoms with E-state index < -0.39 is 0 Å². The summed E-state index contributed by atoms with van der Waals surface area (Å²) in [5.41, 5.74) is 2.59. The molecule has 0 unspecified atom stereocenters. The number of rotatable bonds is 4. The van der Waals surface area contributed by atoms with Gasteiger partial charge < -0.3 is 14.8 Å². The highest BCUT2D eigenvalue weighted by atomic mass is 32.1. The fourth-order valence-electron chi connectivity index (χ4n) is 1.81. The lowest BCUT2D eigenvalue weighted by atomic mass is 10.2. The lowest BCUT2D eigenvalue weighted by Gasteiger charge is -2.07. The van der Waals surface area contributed by atoms with Crippen LogP contribution in [0, 0.1) is 13.8 Å². The molecule has 5 nitrogen and oxygen atoms in total. The van der Waals surface area contributed by atoms with Gasteiger partial charge in [-0.05, 0) is 37.6 Å². The second-order valence-electron chi connectivity index (χ2n) is 4.23. The third kappa shape index (κ3) is 2.91. The van der Waals surface area contributed by atoms with E-state index in [0.717, 1.165) is 17.0 Å². The van der Waals surface area contributed by atoms with E-state index in [9.17, 15) is 4.79 Å². The minimum absolute atomic E-state index is 0.362. The molecule has 0 saturated heterocycles. The van der Waals surface area contributed by atoms with Crippen molar-refractivity contribution in [3.05, 3.63) is 34.3 Å². The first-order valence-corrected chi connectivity index (χ1v) is 6.84. The first-order chi connectivity index (χ1) is 9.55. The fraction of sp³-hybridized carbons (Fsp3) is 0.286. The Morgan fingerprint density at radius 2 is 2.05 bits per heavy atom. The van der Waals surface area contributed by atoms with Gasteiger partial charge in [0.1, 0.15) is 10.6 Å². The second kappa shape index (κ2) is 5.92. The van der Waals surface area contributed by atoms with Crippen LogP contribution in [0.25, 0.3) is 0 Å². The Bertz CT molecular complexity index is 637. The molecule has 0 aliphatic heterocycles. The first-order valence-electron chi connectivity index (χ1n) is 6.02. The van der Waals surface area contributed by atoms with Crippen molar-refractivity contribution in [2.45, 2.75) is 13.8 Å². The third-order valence-electron chi connectivity index (χ3n) is 2.81. The van der Waals surface area contributed by atoms with Crippen LogP contribution in [-0.4, -0.2) is 25.2 Å². The molecule has 2 aromatic rings. The zero-order valence-electron chi connectivity index (χ0n) is 11.8. The molecule has 0 aliphatic carbocycles. The van der Waals surface area contributed by atoms with Crippen molar-refractivity contribution >= 4 is 28.1 Å². The summed E-state index contributed by atoms with van der Waals surface area (Å²) in [6.45, 7) is 3.75. The number of anilines is 2. The number of ether oxygens (including phenoxy) is 2. The largest absolute Gasteiger partial charge is 0.496 e. The molecule has 1 heterocycles. The number of aromatic nitrogens is 1. The standard InChI is InChI=1S/C14H16N2O3S/c1-8-7-10(5-6-11(8)18-3)16-14-15-9(2)12(20-14)13(17)19-4/h5-7H,1-4H3,(H,15,16). The van der Waals surface area contributed by atoms with E-state index in [4.69, 9.17) is 9.47 Å². The molecule has 0 aliphatic rings. The number of nitrogens with one attached hydrogen (secondary N) is 1. The number of nitrogens with zero attached hydrogens (tertiary/aromatic N) is 1. The van der Waals surface area contributed by atoms with Crippen LogP contribution >= 0.6 is 11.3 Å². The Balaban J connectivity index is 2.22. The van der Waals surface area contributed by atoms with Gasteiger partial charge in [0.25, 0.3) is 0 Å². The first kappa shape index (κ1) is 14.3. The topological polar surface area (TPSA) is 60.5 Å². The quantitative estimate of drug-likeness (QED) is 0.876. The molecule has 106 valence electrons. The number of aryl methyl sites for hydroxylation is 2. The highest BCUT2D eigenvalue weighted by Gasteiger charge is 2.15. The molecular weight excluding hydrogens is 276 g/mol. The second-order valence-corrected chi connectivity index (χ2v) is 5.23. The molecular formula is C14H16N2O3S. The molecule has 0 fully saturated rings. The van der Waals surface area contributed by atoms with Crippen LogP contribution in [0.2, 0.25) is 0 Å². The summed E-state index contributed by atoms with van der Waals surface area (Å²) >= 11 is 1.27. The average Bonchev–Trinajstić information content (AvgIpc) is 2.79. The van der Waals surface area contributed by atoms with Crippen molar-refractivity contribution in [3.8, 4) is 5.75 Å². The van der Waals surface area contributed by atoms with Gasteiger partial charge in [0.05, 0.1) is 19.9 Å². The van der Waals surface area contributed by atoms with Gasteiger partial charge in [-0.25, -0.2) is 9.78 Å². The van der Waals surface area contributed by atoms with Gasteiger partial charge in [-0.2, -0.15) is 0 Å². The summed E-state index contributed by atoms with van der Waals surface area (Å²) in [4.78, 5) is 16.4. The summed E-state index contributed by atoms with van der Waals surface area (Å²) in [6, 6.07) is 5.76. The van der Waals surface area contributed by atoms with Crippen LogP contribution < -0.4 is 10.1 Å². The van der Waals surface area contributed by atoms with Crippen LogP contribution in [-0.2, 0) is 4.74 Å². The van der Waals surface area contributed by atoms with Crippen LogP contribution in [0.4, 0.5) is 10.8 Å². The molecule has 0 spiro atoms. The van der Waals surface area contributed by atoms with Crippen molar-refractivity contribution in [2.24, 2.45) is 0 Å². The van der Waals surface area contributed by atoms with Crippen LogP contribution in [0.5, 0.6) is 5.75 Å². The normalized spacial score (nSPS) is 10.2. The predicted molar refractivity (Wildman–Crippen MR) is 79.2 cm³/mol. The lowest BCUT2D eigenvalue weighted by molar-refractivity contribution is 0.0605. The van der Waals surface area contributed by atoms with E-state index in [1.807, 2.05) is 25.1 Å². The molecule has 0 saturated carbocycles. The van der Waals surface area contributed by atoms with Gasteiger partial charge >= 0.3 is 5.97 Å². The maximum Gasteiger partial charge on any atom is 0.350 e. The van der Waals surface area contributed by atoms with Crippen molar-refractivity contribution < 1.29 is 14.3 Å². The molecule has 1 aromatic heterocycles. The van der Waals surface area contributed by atoms with E-state index in [1.165, 1.54) is 18.4 Å². The number of hydrogen-bond donors (Lipinski definition) is 1. The Labute approximate surface area is 121 Å². The van der Waals surface area contributed by atoms with Gasteiger partial charge in [0, 0.05) is 5.69 Å². The van der Waals surface area contributed by atoms with E-state index >= 15 is 0 Å². The van der Waals surface area contributed by atoms with E-state index in [0.29, 0.717) is 15.7 Å². The van der Waals surface area contributed by atoms with E-state index in [2.05, 4.69) is 10.3 Å². The molecule has 0 amide bonds. The number of esters is 1. The zero-order chi connectivity index (χ0) is 14.7. The summed E-state index contributed by atoms with van der Waals surface area (Å²) < 4.78 is 9.93. The monoisotopic (exact) mass is 292 g/mol. The number of thiazole rings is 1. The molecule has 1 aromatic carbocycles. The molecule has 6 heteroatoms. The minimum atomic E-state index is -0.362. The van der Waals surface area contributed by atoms with Crippen molar-refractivity contribution in [1.29, 1.82) is 0 Å². The Kier molecular flexibility index (Phi) is 4.24. The van der Waals surface area contributed by atoms with Gasteiger partial charge in [-0.15, -0.1) is 0 Å². The van der Waals surface area contributed by atoms with Crippen molar-refractivity contribution in [1.82, 2.24) is 4.98 Å². The van der Waals surface area contributed by atoms with Gasteiger partial charge in [-0.3, -0.25) is 0 Å².